The van der Waals surface area contributed by atoms with E-state index in [9.17, 15) is 0 Å². The summed E-state index contributed by atoms with van der Waals surface area (Å²) < 4.78 is 0. The highest BCUT2D eigenvalue weighted by atomic mass is 14.9. The topological polar surface area (TPSA) is 24.9 Å². The van der Waals surface area contributed by atoms with Gasteiger partial charge in [-0.25, -0.2) is 0 Å². The van der Waals surface area contributed by atoms with Crippen molar-refractivity contribution < 1.29 is 0 Å². The average molecular weight is 268 g/mol. The van der Waals surface area contributed by atoms with Crippen LogP contribution in [0.1, 0.15) is 48.8 Å². The van der Waals surface area contributed by atoms with E-state index >= 15 is 0 Å². The molecule has 106 valence electrons. The molecule has 1 atom stereocenters. The zero-order chi connectivity index (χ0) is 14.4. The lowest BCUT2D eigenvalue weighted by molar-refractivity contribution is 0.614. The Hall–Kier alpha value is -1.67. The normalized spacial score (nSPS) is 12.3. The van der Waals surface area contributed by atoms with Crippen molar-refractivity contribution in [1.82, 2.24) is 10.3 Å². The molecule has 2 rings (SSSR count). The number of nitrogens with one attached hydrogen (secondary N) is 1. The number of aryl methyl sites for hydroxylation is 2. The third kappa shape index (κ3) is 3.67. The lowest BCUT2D eigenvalue weighted by Gasteiger charge is -2.18. The fraction of sp³-hybridized carbons (Fsp3) is 0.389. The number of nitrogens with zero attached hydrogens (tertiary/aromatic N) is 1. The van der Waals surface area contributed by atoms with Gasteiger partial charge >= 0.3 is 0 Å². The van der Waals surface area contributed by atoms with Gasteiger partial charge in [-0.15, -0.1) is 0 Å². The van der Waals surface area contributed by atoms with Crippen molar-refractivity contribution in [2.24, 2.45) is 0 Å². The van der Waals surface area contributed by atoms with Gasteiger partial charge in [-0.1, -0.05) is 50.6 Å². The first-order valence-electron chi connectivity index (χ1n) is 7.50. The summed E-state index contributed by atoms with van der Waals surface area (Å²) in [7, 11) is 0. The standard InChI is InChI=1S/C18H24N2/c1-4-7-15-10-12-16(13-11-15)18(19-5-2)17-9-6-8-14(3)20-17/h6,8-13,18-19H,4-5,7H2,1-3H3. The molecule has 1 N–H and O–H groups in total. The Kier molecular flexibility index (Phi) is 5.31. The first-order chi connectivity index (χ1) is 9.74. The molecular formula is C18H24N2. The molecule has 0 radical (unpaired) electrons. The predicted molar refractivity (Wildman–Crippen MR) is 84.9 cm³/mol. The predicted octanol–water partition coefficient (Wildman–Crippen LogP) is 4.04. The molecule has 0 saturated carbocycles. The maximum atomic E-state index is 4.66. The molecule has 2 heteroatoms. The van der Waals surface area contributed by atoms with Crippen LogP contribution in [-0.4, -0.2) is 11.5 Å². The van der Waals surface area contributed by atoms with Crippen molar-refractivity contribution in [2.45, 2.75) is 39.7 Å². The number of benzene rings is 1. The van der Waals surface area contributed by atoms with Crippen LogP contribution in [0.25, 0.3) is 0 Å². The third-order valence-electron chi connectivity index (χ3n) is 3.47. The lowest BCUT2D eigenvalue weighted by atomic mass is 10.00. The van der Waals surface area contributed by atoms with Crippen molar-refractivity contribution in [3.8, 4) is 0 Å². The molecule has 1 aromatic heterocycles. The fourth-order valence-electron chi connectivity index (χ4n) is 2.49. The van der Waals surface area contributed by atoms with Crippen molar-refractivity contribution in [3.05, 3.63) is 65.0 Å². The highest BCUT2D eigenvalue weighted by Gasteiger charge is 2.14. The van der Waals surface area contributed by atoms with Crippen LogP contribution < -0.4 is 5.32 Å². The van der Waals surface area contributed by atoms with E-state index in [4.69, 9.17) is 0 Å². The number of aromatic nitrogens is 1. The van der Waals surface area contributed by atoms with Crippen molar-refractivity contribution in [2.75, 3.05) is 6.54 Å². The van der Waals surface area contributed by atoms with E-state index in [1.54, 1.807) is 0 Å². The van der Waals surface area contributed by atoms with Gasteiger partial charge in [-0.05, 0) is 43.1 Å². The molecule has 0 aliphatic heterocycles. The molecule has 0 saturated heterocycles. The summed E-state index contributed by atoms with van der Waals surface area (Å²) in [5.74, 6) is 0. The molecule has 0 aliphatic carbocycles. The minimum Gasteiger partial charge on any atom is -0.305 e. The van der Waals surface area contributed by atoms with Gasteiger partial charge in [0.15, 0.2) is 0 Å². The summed E-state index contributed by atoms with van der Waals surface area (Å²) in [4.78, 5) is 4.66. The van der Waals surface area contributed by atoms with Crippen LogP contribution in [0, 0.1) is 6.92 Å². The highest BCUT2D eigenvalue weighted by molar-refractivity contribution is 5.31. The molecule has 0 fully saturated rings. The molecule has 0 spiro atoms. The maximum Gasteiger partial charge on any atom is 0.0751 e. The van der Waals surface area contributed by atoms with Crippen LogP contribution in [0.15, 0.2) is 42.5 Å². The highest BCUT2D eigenvalue weighted by Crippen LogP contribution is 2.21. The van der Waals surface area contributed by atoms with E-state index in [-0.39, 0.29) is 6.04 Å². The van der Waals surface area contributed by atoms with Crippen molar-refractivity contribution >= 4 is 0 Å². The second-order valence-corrected chi connectivity index (χ2v) is 5.19. The Balaban J connectivity index is 2.28. The molecule has 1 unspecified atom stereocenters. The van der Waals surface area contributed by atoms with Crippen LogP contribution >= 0.6 is 0 Å². The zero-order valence-corrected chi connectivity index (χ0v) is 12.7. The van der Waals surface area contributed by atoms with Gasteiger partial charge in [0.2, 0.25) is 0 Å². The van der Waals surface area contributed by atoms with Gasteiger partial charge in [-0.3, -0.25) is 4.98 Å². The van der Waals surface area contributed by atoms with Gasteiger partial charge in [0.1, 0.15) is 0 Å². The van der Waals surface area contributed by atoms with Crippen LogP contribution in [0.2, 0.25) is 0 Å². The minimum absolute atomic E-state index is 0.176. The van der Waals surface area contributed by atoms with Crippen molar-refractivity contribution in [1.29, 1.82) is 0 Å². The first kappa shape index (κ1) is 14.7. The Labute approximate surface area is 122 Å². The summed E-state index contributed by atoms with van der Waals surface area (Å²) in [5, 5.41) is 3.53. The molecule has 0 amide bonds. The van der Waals surface area contributed by atoms with Crippen molar-refractivity contribution in [3.63, 3.8) is 0 Å². The number of rotatable bonds is 6. The maximum absolute atomic E-state index is 4.66. The summed E-state index contributed by atoms with van der Waals surface area (Å²) in [5.41, 5.74) is 4.84. The van der Waals surface area contributed by atoms with E-state index in [2.05, 4.69) is 60.5 Å². The van der Waals surface area contributed by atoms with E-state index in [0.717, 1.165) is 24.4 Å². The SMILES string of the molecule is CCCc1ccc(C(NCC)c2cccc(C)n2)cc1. The van der Waals surface area contributed by atoms with E-state index < -0.39 is 0 Å². The molecule has 2 nitrogen and oxygen atoms in total. The second kappa shape index (κ2) is 7.20. The fourth-order valence-corrected chi connectivity index (χ4v) is 2.49. The van der Waals surface area contributed by atoms with Crippen LogP contribution in [0.3, 0.4) is 0 Å². The summed E-state index contributed by atoms with van der Waals surface area (Å²) in [6.45, 7) is 7.31. The molecule has 1 heterocycles. The van der Waals surface area contributed by atoms with Crippen LogP contribution in [-0.2, 0) is 6.42 Å². The summed E-state index contributed by atoms with van der Waals surface area (Å²) in [6, 6.07) is 15.3. The van der Waals surface area contributed by atoms with Gasteiger partial charge in [0, 0.05) is 5.69 Å². The third-order valence-corrected chi connectivity index (χ3v) is 3.47. The van der Waals surface area contributed by atoms with Gasteiger partial charge in [0.05, 0.1) is 11.7 Å². The molecule has 2 aromatic rings. The zero-order valence-electron chi connectivity index (χ0n) is 12.7. The quantitative estimate of drug-likeness (QED) is 0.855. The van der Waals surface area contributed by atoms with E-state index in [1.165, 1.54) is 17.5 Å². The Morgan fingerprint density at radius 3 is 2.40 bits per heavy atom. The Bertz CT molecular complexity index is 531. The van der Waals surface area contributed by atoms with Crippen LogP contribution in [0.4, 0.5) is 0 Å². The molecular weight excluding hydrogens is 244 g/mol. The number of pyridine rings is 1. The van der Waals surface area contributed by atoms with E-state index in [0.29, 0.717) is 0 Å². The molecule has 1 aromatic carbocycles. The van der Waals surface area contributed by atoms with E-state index in [1.807, 2.05) is 13.0 Å². The molecule has 0 aliphatic rings. The lowest BCUT2D eigenvalue weighted by Crippen LogP contribution is -2.23. The smallest absolute Gasteiger partial charge is 0.0751 e. The second-order valence-electron chi connectivity index (χ2n) is 5.19. The molecule has 0 bridgehead atoms. The van der Waals surface area contributed by atoms with Gasteiger partial charge in [-0.2, -0.15) is 0 Å². The first-order valence-corrected chi connectivity index (χ1v) is 7.50. The van der Waals surface area contributed by atoms with Gasteiger partial charge in [0.25, 0.3) is 0 Å². The monoisotopic (exact) mass is 268 g/mol. The largest absolute Gasteiger partial charge is 0.305 e. The summed E-state index contributed by atoms with van der Waals surface area (Å²) >= 11 is 0. The summed E-state index contributed by atoms with van der Waals surface area (Å²) in [6.07, 6.45) is 2.34. The van der Waals surface area contributed by atoms with Gasteiger partial charge < -0.3 is 5.32 Å². The Morgan fingerprint density at radius 1 is 1.05 bits per heavy atom. The number of hydrogen-bond donors (Lipinski definition) is 1. The molecule has 20 heavy (non-hydrogen) atoms. The minimum atomic E-state index is 0.176. The van der Waals surface area contributed by atoms with Crippen LogP contribution in [0.5, 0.6) is 0 Å². The number of hydrogen-bond acceptors (Lipinski definition) is 2. The average Bonchev–Trinajstić information content (AvgIpc) is 2.46. The Morgan fingerprint density at radius 2 is 1.80 bits per heavy atom.